The van der Waals surface area contributed by atoms with Gasteiger partial charge in [-0.15, -0.1) is 0 Å². The second kappa shape index (κ2) is 2.76. The molecule has 7 aliphatic rings. The zero-order chi connectivity index (χ0) is 13.2. The number of hydrogen-bond acceptors (Lipinski definition) is 1. The van der Waals surface area contributed by atoms with Gasteiger partial charge < -0.3 is 5.11 Å². The molecule has 0 aliphatic heterocycles. The molecule has 7 saturated carbocycles. The Morgan fingerprint density at radius 2 is 1.53 bits per heavy atom. The normalized spacial score (nSPS) is 67.8. The molecule has 0 amide bonds. The van der Waals surface area contributed by atoms with Crippen molar-refractivity contribution in [3.63, 3.8) is 0 Å². The van der Waals surface area contributed by atoms with E-state index in [2.05, 4.69) is 13.8 Å². The Hall–Kier alpha value is -0.530. The molecule has 0 radical (unpaired) electrons. The average molecular weight is 260 g/mol. The fourth-order valence-corrected chi connectivity index (χ4v) is 8.22. The number of carbonyl (C=O) groups is 1. The highest BCUT2D eigenvalue weighted by molar-refractivity contribution is 5.76. The van der Waals surface area contributed by atoms with Gasteiger partial charge in [-0.05, 0) is 78.9 Å². The first-order valence-electron chi connectivity index (χ1n) is 8.12. The fraction of sp³-hybridized carbons (Fsp3) is 0.941. The lowest BCUT2D eigenvalue weighted by Crippen LogP contribution is -2.73. The largest absolute Gasteiger partial charge is 0.481 e. The second-order valence-corrected chi connectivity index (χ2v) is 9.15. The van der Waals surface area contributed by atoms with Crippen LogP contribution in [0.5, 0.6) is 0 Å². The number of carboxylic acids is 1. The van der Waals surface area contributed by atoms with Crippen LogP contribution in [0, 0.1) is 45.8 Å². The summed E-state index contributed by atoms with van der Waals surface area (Å²) in [5, 5.41) is 9.84. The Morgan fingerprint density at radius 1 is 0.947 bits per heavy atom. The van der Waals surface area contributed by atoms with Crippen molar-refractivity contribution < 1.29 is 9.90 Å². The van der Waals surface area contributed by atoms with Gasteiger partial charge in [0.15, 0.2) is 0 Å². The molecule has 8 bridgehead atoms. The van der Waals surface area contributed by atoms with E-state index in [1.54, 1.807) is 0 Å². The van der Waals surface area contributed by atoms with Gasteiger partial charge in [-0.25, -0.2) is 0 Å². The van der Waals surface area contributed by atoms with E-state index in [9.17, 15) is 9.90 Å². The number of hydrogen-bond donors (Lipinski definition) is 1. The Labute approximate surface area is 115 Å². The van der Waals surface area contributed by atoms with Crippen molar-refractivity contribution in [2.24, 2.45) is 45.8 Å². The number of aliphatic carboxylic acids is 1. The van der Waals surface area contributed by atoms with Crippen LogP contribution in [0.2, 0.25) is 0 Å². The van der Waals surface area contributed by atoms with Crippen molar-refractivity contribution in [1.29, 1.82) is 0 Å². The van der Waals surface area contributed by atoms with E-state index < -0.39 is 5.97 Å². The predicted molar refractivity (Wildman–Crippen MR) is 71.4 cm³/mol. The molecule has 2 nitrogen and oxygen atoms in total. The van der Waals surface area contributed by atoms with E-state index >= 15 is 0 Å². The number of carboxylic acid groups (broad SMARTS) is 1. The topological polar surface area (TPSA) is 37.3 Å². The first-order chi connectivity index (χ1) is 8.89. The Bertz CT molecular complexity index is 469. The van der Waals surface area contributed by atoms with Crippen LogP contribution in [0.4, 0.5) is 0 Å². The van der Waals surface area contributed by atoms with Gasteiger partial charge in [-0.1, -0.05) is 13.8 Å². The summed E-state index contributed by atoms with van der Waals surface area (Å²) in [5.74, 6) is 3.61. The SMILES string of the molecule is CC12CC3CC4C1CC1(C(=O)O)CC2C(C3)C4(C)C1. The van der Waals surface area contributed by atoms with Gasteiger partial charge >= 0.3 is 5.97 Å². The molecule has 4 atom stereocenters. The second-order valence-electron chi connectivity index (χ2n) is 9.15. The molecule has 0 saturated heterocycles. The summed E-state index contributed by atoms with van der Waals surface area (Å²) in [6, 6.07) is 0. The van der Waals surface area contributed by atoms with Crippen molar-refractivity contribution in [1.82, 2.24) is 0 Å². The minimum atomic E-state index is -0.481. The van der Waals surface area contributed by atoms with Gasteiger partial charge in [-0.2, -0.15) is 0 Å². The molecule has 0 aromatic carbocycles. The van der Waals surface area contributed by atoms with Crippen molar-refractivity contribution in [3.8, 4) is 0 Å². The molecule has 0 spiro atoms. The van der Waals surface area contributed by atoms with Crippen LogP contribution in [0.15, 0.2) is 0 Å². The Morgan fingerprint density at radius 3 is 2.05 bits per heavy atom. The van der Waals surface area contributed by atoms with E-state index in [-0.39, 0.29) is 5.41 Å². The van der Waals surface area contributed by atoms with Crippen LogP contribution in [-0.2, 0) is 4.79 Å². The molecule has 0 aromatic heterocycles. The van der Waals surface area contributed by atoms with Crippen LogP contribution in [-0.4, -0.2) is 11.1 Å². The summed E-state index contributed by atoms with van der Waals surface area (Å²) in [4.78, 5) is 11.9. The molecule has 7 fully saturated rings. The van der Waals surface area contributed by atoms with Gasteiger partial charge in [0.25, 0.3) is 0 Å². The third-order valence-corrected chi connectivity index (χ3v) is 8.66. The highest BCUT2D eigenvalue weighted by atomic mass is 16.4. The van der Waals surface area contributed by atoms with Crippen molar-refractivity contribution in [2.45, 2.75) is 52.4 Å². The molecule has 7 rings (SSSR count). The van der Waals surface area contributed by atoms with E-state index in [1.807, 2.05) is 0 Å². The first-order valence-corrected chi connectivity index (χ1v) is 8.12. The minimum Gasteiger partial charge on any atom is -0.481 e. The summed E-state index contributed by atoms with van der Waals surface area (Å²) >= 11 is 0. The Balaban J connectivity index is 1.73. The van der Waals surface area contributed by atoms with Gasteiger partial charge in [0.2, 0.25) is 0 Å². The molecular formula is C17H24O2. The van der Waals surface area contributed by atoms with Gasteiger partial charge in [0.05, 0.1) is 5.41 Å². The lowest BCUT2D eigenvalue weighted by atomic mass is 9.25. The van der Waals surface area contributed by atoms with E-state index in [4.69, 9.17) is 0 Å². The van der Waals surface area contributed by atoms with Crippen LogP contribution < -0.4 is 0 Å². The zero-order valence-electron chi connectivity index (χ0n) is 12.0. The highest BCUT2D eigenvalue weighted by Gasteiger charge is 2.76. The van der Waals surface area contributed by atoms with Gasteiger partial charge in [-0.3, -0.25) is 4.79 Å². The molecule has 1 N–H and O–H groups in total. The van der Waals surface area contributed by atoms with Crippen LogP contribution in [0.1, 0.15) is 52.4 Å². The number of rotatable bonds is 1. The van der Waals surface area contributed by atoms with Crippen LogP contribution >= 0.6 is 0 Å². The maximum atomic E-state index is 11.9. The van der Waals surface area contributed by atoms with Gasteiger partial charge in [0.1, 0.15) is 0 Å². The smallest absolute Gasteiger partial charge is 0.309 e. The third-order valence-electron chi connectivity index (χ3n) is 8.66. The van der Waals surface area contributed by atoms with Gasteiger partial charge in [0, 0.05) is 0 Å². The van der Waals surface area contributed by atoms with E-state index in [0.29, 0.717) is 22.7 Å². The molecule has 4 unspecified atom stereocenters. The van der Waals surface area contributed by atoms with Crippen molar-refractivity contribution in [2.75, 3.05) is 0 Å². The minimum absolute atomic E-state index is 0.346. The molecule has 104 valence electrons. The van der Waals surface area contributed by atoms with Crippen LogP contribution in [0.25, 0.3) is 0 Å². The molecular weight excluding hydrogens is 236 g/mol. The molecule has 0 aromatic rings. The lowest BCUT2D eigenvalue weighted by Gasteiger charge is -2.79. The zero-order valence-corrected chi connectivity index (χ0v) is 12.0. The van der Waals surface area contributed by atoms with Crippen molar-refractivity contribution in [3.05, 3.63) is 0 Å². The molecule has 19 heavy (non-hydrogen) atoms. The maximum absolute atomic E-state index is 11.9. The standard InChI is InChI=1S/C17H24O2/c1-15-5-9-3-10-12(15)6-17(14(18)19)7-13(15)11(4-9)16(10,2)8-17/h9-13H,3-8H2,1-2H3,(H,18,19). The molecule has 2 heteroatoms. The fourth-order valence-electron chi connectivity index (χ4n) is 8.22. The summed E-state index contributed by atoms with van der Waals surface area (Å²) < 4.78 is 0. The summed E-state index contributed by atoms with van der Waals surface area (Å²) in [5.41, 5.74) is 0.511. The quantitative estimate of drug-likeness (QED) is 0.782. The highest BCUT2D eigenvalue weighted by Crippen LogP contribution is 2.82. The monoisotopic (exact) mass is 260 g/mol. The third kappa shape index (κ3) is 0.946. The Kier molecular flexibility index (Phi) is 1.62. The first kappa shape index (κ1) is 11.2. The lowest BCUT2D eigenvalue weighted by molar-refractivity contribution is -0.306. The van der Waals surface area contributed by atoms with E-state index in [1.165, 1.54) is 19.3 Å². The van der Waals surface area contributed by atoms with Crippen molar-refractivity contribution >= 4 is 5.97 Å². The summed E-state index contributed by atoms with van der Waals surface area (Å²) in [7, 11) is 0. The van der Waals surface area contributed by atoms with Crippen LogP contribution in [0.3, 0.4) is 0 Å². The predicted octanol–water partition coefficient (Wildman–Crippen LogP) is 3.56. The summed E-state index contributed by atoms with van der Waals surface area (Å²) in [6.45, 7) is 4.98. The average Bonchev–Trinajstić information content (AvgIpc) is 2.34. The maximum Gasteiger partial charge on any atom is 0.309 e. The summed E-state index contributed by atoms with van der Waals surface area (Å²) in [6.07, 6.45) is 7.21. The van der Waals surface area contributed by atoms with E-state index in [0.717, 1.165) is 37.0 Å². The molecule has 7 aliphatic carbocycles. The molecule has 0 heterocycles.